The van der Waals surface area contributed by atoms with Crippen molar-refractivity contribution in [3.05, 3.63) is 72.2 Å². The van der Waals surface area contributed by atoms with Crippen molar-refractivity contribution in [1.29, 1.82) is 0 Å². The van der Waals surface area contributed by atoms with E-state index in [0.717, 1.165) is 4.90 Å². The lowest BCUT2D eigenvalue weighted by Crippen LogP contribution is -2.44. The molecule has 1 atom stereocenters. The Labute approximate surface area is 166 Å². The number of carbonyl (C=O) groups is 1. The minimum Gasteiger partial charge on any atom is -0.313 e. The number of pyridine rings is 1. The molecule has 1 aromatic heterocycles. The third-order valence-corrected chi connectivity index (χ3v) is 4.88. The maximum Gasteiger partial charge on any atom is 0.390 e. The van der Waals surface area contributed by atoms with Gasteiger partial charge in [0.1, 0.15) is 11.3 Å². The predicted molar refractivity (Wildman–Crippen MR) is 104 cm³/mol. The molecule has 0 aliphatic rings. The van der Waals surface area contributed by atoms with Crippen LogP contribution in [0.15, 0.2) is 60.8 Å². The molecule has 0 aliphatic carbocycles. The molecule has 3 aromatic rings. The molecule has 1 heterocycles. The predicted octanol–water partition coefficient (Wildman–Crippen LogP) is 5.54. The Morgan fingerprint density at radius 3 is 2.41 bits per heavy atom. The van der Waals surface area contributed by atoms with Crippen LogP contribution in [0.3, 0.4) is 0 Å². The van der Waals surface area contributed by atoms with E-state index in [1.54, 1.807) is 42.5 Å². The summed E-state index contributed by atoms with van der Waals surface area (Å²) in [5.41, 5.74) is -0.626. The number of carbonyl (C=O) groups excluding carboxylic acids is 1. The molecule has 0 radical (unpaired) electrons. The quantitative estimate of drug-likeness (QED) is 0.523. The van der Waals surface area contributed by atoms with Crippen LogP contribution in [0.2, 0.25) is 0 Å². The largest absolute Gasteiger partial charge is 0.390 e. The first-order valence-electron chi connectivity index (χ1n) is 9.02. The van der Waals surface area contributed by atoms with Gasteiger partial charge in [-0.1, -0.05) is 49.4 Å². The zero-order valence-electron chi connectivity index (χ0n) is 16.0. The smallest absolute Gasteiger partial charge is 0.313 e. The van der Waals surface area contributed by atoms with Crippen molar-refractivity contribution in [1.82, 2.24) is 4.98 Å². The van der Waals surface area contributed by atoms with Gasteiger partial charge in [0.25, 0.3) is 0 Å². The van der Waals surface area contributed by atoms with Crippen LogP contribution in [0, 0.1) is 11.2 Å². The molecular weight excluding hydrogens is 384 g/mol. The fourth-order valence-corrected chi connectivity index (χ4v) is 3.52. The van der Waals surface area contributed by atoms with Gasteiger partial charge < -0.3 is 4.90 Å². The van der Waals surface area contributed by atoms with Gasteiger partial charge in [0.05, 0.1) is 23.7 Å². The SMILES string of the molecule is CN(C(=O)C(C)(Cc1ccccc1)CC(F)(F)F)c1cnc2c(F)cccc2c1. The summed E-state index contributed by atoms with van der Waals surface area (Å²) in [6.45, 7) is 1.32. The first-order chi connectivity index (χ1) is 13.6. The van der Waals surface area contributed by atoms with Crippen molar-refractivity contribution in [3.8, 4) is 0 Å². The second-order valence-corrected chi connectivity index (χ2v) is 7.38. The summed E-state index contributed by atoms with van der Waals surface area (Å²) in [5.74, 6) is -1.19. The van der Waals surface area contributed by atoms with Crippen LogP contribution in [0.1, 0.15) is 18.9 Å². The number of aromatic nitrogens is 1. The molecule has 0 spiro atoms. The Morgan fingerprint density at radius 1 is 1.07 bits per heavy atom. The molecule has 0 fully saturated rings. The monoisotopic (exact) mass is 404 g/mol. The van der Waals surface area contributed by atoms with E-state index >= 15 is 0 Å². The summed E-state index contributed by atoms with van der Waals surface area (Å²) in [4.78, 5) is 18.4. The first-order valence-corrected chi connectivity index (χ1v) is 9.02. The van der Waals surface area contributed by atoms with Crippen molar-refractivity contribution in [2.75, 3.05) is 11.9 Å². The number of para-hydroxylation sites is 1. The van der Waals surface area contributed by atoms with E-state index in [9.17, 15) is 22.4 Å². The zero-order valence-corrected chi connectivity index (χ0v) is 16.0. The topological polar surface area (TPSA) is 33.2 Å². The van der Waals surface area contributed by atoms with Gasteiger partial charge >= 0.3 is 6.18 Å². The molecule has 3 rings (SSSR count). The van der Waals surface area contributed by atoms with E-state index in [0.29, 0.717) is 16.6 Å². The van der Waals surface area contributed by atoms with Crippen molar-refractivity contribution in [2.24, 2.45) is 5.41 Å². The summed E-state index contributed by atoms with van der Waals surface area (Å²) >= 11 is 0. The Balaban J connectivity index is 1.96. The normalized spacial score (nSPS) is 13.9. The molecule has 7 heteroatoms. The van der Waals surface area contributed by atoms with Crippen molar-refractivity contribution < 1.29 is 22.4 Å². The summed E-state index contributed by atoms with van der Waals surface area (Å²) in [6.07, 6.45) is -4.54. The van der Waals surface area contributed by atoms with Gasteiger partial charge in [-0.2, -0.15) is 13.2 Å². The number of fused-ring (bicyclic) bond motifs is 1. The van der Waals surface area contributed by atoms with Gasteiger partial charge in [-0.3, -0.25) is 9.78 Å². The average molecular weight is 404 g/mol. The highest BCUT2D eigenvalue weighted by atomic mass is 19.4. The molecule has 0 N–H and O–H groups in total. The fraction of sp³-hybridized carbons (Fsp3) is 0.273. The van der Waals surface area contributed by atoms with Crippen LogP contribution in [0.5, 0.6) is 0 Å². The van der Waals surface area contributed by atoms with Crippen LogP contribution >= 0.6 is 0 Å². The number of nitrogens with zero attached hydrogens (tertiary/aromatic N) is 2. The number of benzene rings is 2. The van der Waals surface area contributed by atoms with E-state index in [2.05, 4.69) is 4.98 Å². The van der Waals surface area contributed by atoms with E-state index in [4.69, 9.17) is 0 Å². The average Bonchev–Trinajstić information content (AvgIpc) is 2.66. The van der Waals surface area contributed by atoms with E-state index in [1.165, 1.54) is 32.3 Å². The number of hydrogen-bond donors (Lipinski definition) is 0. The molecule has 2 aromatic carbocycles. The van der Waals surface area contributed by atoms with Crippen LogP contribution < -0.4 is 4.90 Å². The molecule has 29 heavy (non-hydrogen) atoms. The van der Waals surface area contributed by atoms with Gasteiger partial charge in [-0.25, -0.2) is 4.39 Å². The number of hydrogen-bond acceptors (Lipinski definition) is 2. The highest BCUT2D eigenvalue weighted by Crippen LogP contribution is 2.38. The van der Waals surface area contributed by atoms with E-state index in [-0.39, 0.29) is 11.9 Å². The Bertz CT molecular complexity index is 1020. The maximum absolute atomic E-state index is 13.8. The lowest BCUT2D eigenvalue weighted by molar-refractivity contribution is -0.165. The van der Waals surface area contributed by atoms with Crippen molar-refractivity contribution >= 4 is 22.5 Å². The Kier molecular flexibility index (Phi) is 5.59. The number of rotatable bonds is 5. The van der Waals surface area contributed by atoms with Crippen LogP contribution in [0.25, 0.3) is 10.9 Å². The minimum absolute atomic E-state index is 0.0633. The van der Waals surface area contributed by atoms with Crippen LogP contribution in [-0.4, -0.2) is 24.1 Å². The highest BCUT2D eigenvalue weighted by molar-refractivity contribution is 5.98. The molecule has 1 unspecified atom stereocenters. The van der Waals surface area contributed by atoms with Gasteiger partial charge in [-0.05, 0) is 24.1 Å². The summed E-state index contributed by atoms with van der Waals surface area (Å²) in [7, 11) is 1.41. The third kappa shape index (κ3) is 4.72. The number of halogens is 4. The lowest BCUT2D eigenvalue weighted by atomic mass is 9.79. The van der Waals surface area contributed by atoms with Crippen molar-refractivity contribution in [2.45, 2.75) is 25.9 Å². The number of alkyl halides is 3. The maximum atomic E-state index is 13.8. The van der Waals surface area contributed by atoms with Gasteiger partial charge in [0, 0.05) is 12.4 Å². The number of amides is 1. The summed E-state index contributed by atoms with van der Waals surface area (Å²) in [5, 5.41) is 0.461. The van der Waals surface area contributed by atoms with Crippen LogP contribution in [0.4, 0.5) is 23.2 Å². The van der Waals surface area contributed by atoms with E-state index < -0.39 is 29.7 Å². The van der Waals surface area contributed by atoms with Crippen molar-refractivity contribution in [3.63, 3.8) is 0 Å². The molecule has 0 saturated heterocycles. The number of anilines is 1. The fourth-order valence-electron chi connectivity index (χ4n) is 3.52. The second kappa shape index (κ2) is 7.81. The molecule has 0 aliphatic heterocycles. The van der Waals surface area contributed by atoms with E-state index in [1.807, 2.05) is 0 Å². The molecule has 3 nitrogen and oxygen atoms in total. The summed E-state index contributed by atoms with van der Waals surface area (Å²) < 4.78 is 53.8. The molecule has 0 bridgehead atoms. The standard InChI is InChI=1S/C22H20F4N2O/c1-21(14-22(24,25)26,12-15-7-4-3-5-8-15)20(29)28(2)17-11-16-9-6-10-18(23)19(16)27-13-17/h3-11,13H,12,14H2,1-2H3. The Hall–Kier alpha value is -2.96. The molecule has 152 valence electrons. The highest BCUT2D eigenvalue weighted by Gasteiger charge is 2.45. The molecule has 0 saturated carbocycles. The lowest BCUT2D eigenvalue weighted by Gasteiger charge is -2.33. The zero-order chi connectivity index (χ0) is 21.2. The first kappa shape index (κ1) is 20.8. The third-order valence-electron chi connectivity index (χ3n) is 4.88. The molecular formula is C22H20F4N2O. The van der Waals surface area contributed by atoms with Crippen LogP contribution in [-0.2, 0) is 11.2 Å². The summed E-state index contributed by atoms with van der Waals surface area (Å²) in [6, 6.07) is 14.5. The van der Waals surface area contributed by atoms with Gasteiger partial charge in [0.2, 0.25) is 5.91 Å². The molecule has 1 amide bonds. The van der Waals surface area contributed by atoms with Gasteiger partial charge in [0.15, 0.2) is 0 Å². The Morgan fingerprint density at radius 2 is 1.76 bits per heavy atom. The minimum atomic E-state index is -4.51. The van der Waals surface area contributed by atoms with Gasteiger partial charge in [-0.15, -0.1) is 0 Å². The second-order valence-electron chi connectivity index (χ2n) is 7.38.